The topological polar surface area (TPSA) is 66.4 Å². The first kappa shape index (κ1) is 13.0. The van der Waals surface area contributed by atoms with Gasteiger partial charge in [-0.25, -0.2) is 0 Å². The van der Waals surface area contributed by atoms with Crippen LogP contribution in [0.15, 0.2) is 22.7 Å². The number of carbonyl (C=O) groups excluding carboxylic acids is 1. The highest BCUT2D eigenvalue weighted by Crippen LogP contribution is 2.25. The zero-order chi connectivity index (χ0) is 12.3. The lowest BCUT2D eigenvalue weighted by Crippen LogP contribution is -2.26. The van der Waals surface area contributed by atoms with Crippen LogP contribution in [0.2, 0.25) is 5.02 Å². The van der Waals surface area contributed by atoms with Crippen molar-refractivity contribution in [3.63, 3.8) is 0 Å². The fourth-order valence-corrected chi connectivity index (χ4v) is 1.66. The maximum Gasteiger partial charge on any atom is 0.315 e. The van der Waals surface area contributed by atoms with Crippen LogP contribution in [0.1, 0.15) is 6.92 Å². The van der Waals surface area contributed by atoms with E-state index in [2.05, 4.69) is 21.2 Å². The molecule has 0 spiro atoms. The lowest BCUT2D eigenvalue weighted by atomic mass is 10.1. The Labute approximate surface area is 106 Å². The number of halogens is 2. The molecule has 6 heteroatoms. The minimum Gasteiger partial charge on any atom is -0.481 e. The average Bonchev–Trinajstić information content (AvgIpc) is 2.20. The molecule has 2 N–H and O–H groups in total. The quantitative estimate of drug-likeness (QED) is 0.844. The summed E-state index contributed by atoms with van der Waals surface area (Å²) in [7, 11) is 0. The van der Waals surface area contributed by atoms with Crippen LogP contribution >= 0.6 is 27.5 Å². The number of carbonyl (C=O) groups is 2. The number of anilines is 1. The molecule has 0 saturated heterocycles. The molecule has 16 heavy (non-hydrogen) atoms. The molecular weight excluding hydrogens is 297 g/mol. The molecule has 1 atom stereocenters. The monoisotopic (exact) mass is 305 g/mol. The lowest BCUT2D eigenvalue weighted by molar-refractivity contribution is -0.144. The smallest absolute Gasteiger partial charge is 0.315 e. The van der Waals surface area contributed by atoms with Crippen molar-refractivity contribution in [1.29, 1.82) is 0 Å². The van der Waals surface area contributed by atoms with Gasteiger partial charge < -0.3 is 10.4 Å². The van der Waals surface area contributed by atoms with Crippen molar-refractivity contribution in [2.24, 2.45) is 5.92 Å². The first-order chi connectivity index (χ1) is 7.41. The van der Waals surface area contributed by atoms with E-state index in [1.807, 2.05) is 0 Å². The van der Waals surface area contributed by atoms with E-state index in [1.165, 1.54) is 6.92 Å². The summed E-state index contributed by atoms with van der Waals surface area (Å²) >= 11 is 9.09. The first-order valence-electron chi connectivity index (χ1n) is 4.40. The predicted molar refractivity (Wildman–Crippen MR) is 64.6 cm³/mol. The van der Waals surface area contributed by atoms with Crippen LogP contribution in [0.5, 0.6) is 0 Å². The molecule has 86 valence electrons. The second kappa shape index (κ2) is 5.32. The summed E-state index contributed by atoms with van der Waals surface area (Å²) in [5, 5.41) is 11.4. The first-order valence-corrected chi connectivity index (χ1v) is 5.57. The van der Waals surface area contributed by atoms with Gasteiger partial charge in [0.1, 0.15) is 5.92 Å². The van der Waals surface area contributed by atoms with Crippen molar-refractivity contribution < 1.29 is 14.7 Å². The summed E-state index contributed by atoms with van der Waals surface area (Å²) < 4.78 is 0.779. The fraction of sp³-hybridized carbons (Fsp3) is 0.200. The zero-order valence-corrected chi connectivity index (χ0v) is 10.7. The van der Waals surface area contributed by atoms with Gasteiger partial charge >= 0.3 is 5.97 Å². The summed E-state index contributed by atoms with van der Waals surface area (Å²) in [4.78, 5) is 22.0. The average molecular weight is 307 g/mol. The van der Waals surface area contributed by atoms with Gasteiger partial charge in [-0.1, -0.05) is 27.5 Å². The third kappa shape index (κ3) is 3.21. The molecule has 1 aromatic carbocycles. The van der Waals surface area contributed by atoms with E-state index in [-0.39, 0.29) is 0 Å². The maximum atomic E-state index is 11.4. The summed E-state index contributed by atoms with van der Waals surface area (Å²) in [5.74, 6) is -2.89. The summed E-state index contributed by atoms with van der Waals surface area (Å²) in [6, 6.07) is 4.91. The Hall–Kier alpha value is -1.07. The summed E-state index contributed by atoms with van der Waals surface area (Å²) in [5.41, 5.74) is 0.392. The lowest BCUT2D eigenvalue weighted by Gasteiger charge is -2.09. The Morgan fingerprint density at radius 1 is 1.50 bits per heavy atom. The van der Waals surface area contributed by atoms with Crippen molar-refractivity contribution in [2.75, 3.05) is 5.32 Å². The van der Waals surface area contributed by atoms with E-state index in [0.717, 1.165) is 4.47 Å². The Morgan fingerprint density at radius 2 is 2.12 bits per heavy atom. The maximum absolute atomic E-state index is 11.4. The Morgan fingerprint density at radius 3 is 2.62 bits per heavy atom. The predicted octanol–water partition coefficient (Wildman–Crippen LogP) is 2.76. The molecule has 4 nitrogen and oxygen atoms in total. The molecule has 0 saturated carbocycles. The summed E-state index contributed by atoms with van der Waals surface area (Å²) in [6.07, 6.45) is 0. The molecule has 1 rings (SSSR count). The van der Waals surface area contributed by atoms with Crippen LogP contribution in [0.25, 0.3) is 0 Å². The summed E-state index contributed by atoms with van der Waals surface area (Å²) in [6.45, 7) is 1.31. The van der Waals surface area contributed by atoms with Gasteiger partial charge in [-0.05, 0) is 25.1 Å². The third-order valence-corrected chi connectivity index (χ3v) is 2.76. The van der Waals surface area contributed by atoms with Crippen LogP contribution in [0.3, 0.4) is 0 Å². The SMILES string of the molecule is CC(C(=O)O)C(=O)Nc1ccc(Br)cc1Cl. The molecular formula is C10H9BrClNO3. The van der Waals surface area contributed by atoms with Crippen molar-refractivity contribution in [3.8, 4) is 0 Å². The molecule has 0 aliphatic rings. The number of carboxylic acids is 1. The van der Waals surface area contributed by atoms with E-state index in [9.17, 15) is 9.59 Å². The molecule has 0 radical (unpaired) electrons. The fourth-order valence-electron chi connectivity index (χ4n) is 0.944. The minimum atomic E-state index is -1.18. The number of carboxylic acid groups (broad SMARTS) is 1. The molecule has 0 aliphatic heterocycles. The van der Waals surface area contributed by atoms with Crippen LogP contribution in [-0.2, 0) is 9.59 Å². The number of amides is 1. The zero-order valence-electron chi connectivity index (χ0n) is 8.33. The highest BCUT2D eigenvalue weighted by Gasteiger charge is 2.20. The highest BCUT2D eigenvalue weighted by atomic mass is 79.9. The van der Waals surface area contributed by atoms with Gasteiger partial charge in [0.2, 0.25) is 5.91 Å². The number of benzene rings is 1. The molecule has 0 heterocycles. The van der Waals surface area contributed by atoms with Gasteiger partial charge in [-0.3, -0.25) is 9.59 Å². The number of hydrogen-bond donors (Lipinski definition) is 2. The molecule has 0 aliphatic carbocycles. The highest BCUT2D eigenvalue weighted by molar-refractivity contribution is 9.10. The Balaban J connectivity index is 2.81. The van der Waals surface area contributed by atoms with Crippen LogP contribution in [0, 0.1) is 5.92 Å². The van der Waals surface area contributed by atoms with Crippen LogP contribution < -0.4 is 5.32 Å². The van der Waals surface area contributed by atoms with Crippen molar-refractivity contribution in [3.05, 3.63) is 27.7 Å². The Kier molecular flexibility index (Phi) is 4.32. The second-order valence-electron chi connectivity index (χ2n) is 3.17. The minimum absolute atomic E-state index is 0.348. The Bertz CT molecular complexity index is 436. The van der Waals surface area contributed by atoms with Gasteiger partial charge in [0, 0.05) is 4.47 Å². The van der Waals surface area contributed by atoms with E-state index in [0.29, 0.717) is 10.7 Å². The van der Waals surface area contributed by atoms with E-state index >= 15 is 0 Å². The normalized spacial score (nSPS) is 11.9. The molecule has 0 bridgehead atoms. The molecule has 1 unspecified atom stereocenters. The van der Waals surface area contributed by atoms with E-state index in [1.54, 1.807) is 18.2 Å². The van der Waals surface area contributed by atoms with E-state index < -0.39 is 17.8 Å². The largest absolute Gasteiger partial charge is 0.481 e. The number of nitrogens with one attached hydrogen (secondary N) is 1. The third-order valence-electron chi connectivity index (χ3n) is 1.95. The van der Waals surface area contributed by atoms with Crippen molar-refractivity contribution in [1.82, 2.24) is 0 Å². The number of rotatable bonds is 3. The van der Waals surface area contributed by atoms with E-state index in [4.69, 9.17) is 16.7 Å². The number of aliphatic carboxylic acids is 1. The van der Waals surface area contributed by atoms with Crippen LogP contribution in [0.4, 0.5) is 5.69 Å². The molecule has 0 aromatic heterocycles. The van der Waals surface area contributed by atoms with Crippen molar-refractivity contribution in [2.45, 2.75) is 6.92 Å². The van der Waals surface area contributed by atoms with Gasteiger partial charge in [0.15, 0.2) is 0 Å². The molecule has 0 fully saturated rings. The molecule has 1 amide bonds. The molecule has 1 aromatic rings. The van der Waals surface area contributed by atoms with Crippen LogP contribution in [-0.4, -0.2) is 17.0 Å². The van der Waals surface area contributed by atoms with Gasteiger partial charge in [-0.15, -0.1) is 0 Å². The second-order valence-corrected chi connectivity index (χ2v) is 4.50. The van der Waals surface area contributed by atoms with Gasteiger partial charge in [0.25, 0.3) is 0 Å². The van der Waals surface area contributed by atoms with Gasteiger partial charge in [-0.2, -0.15) is 0 Å². The van der Waals surface area contributed by atoms with Crippen molar-refractivity contribution >= 4 is 45.1 Å². The number of hydrogen-bond acceptors (Lipinski definition) is 2. The van der Waals surface area contributed by atoms with Gasteiger partial charge in [0.05, 0.1) is 10.7 Å². The standard InChI is InChI=1S/C10H9BrClNO3/c1-5(10(15)16)9(14)13-8-3-2-6(11)4-7(8)12/h2-5H,1H3,(H,13,14)(H,15,16).